The molecular formula is C8H10N2O2. The van der Waals surface area contributed by atoms with E-state index < -0.39 is 0 Å². The second-order valence-corrected chi connectivity index (χ2v) is 2.44. The van der Waals surface area contributed by atoms with Crippen molar-refractivity contribution in [2.45, 2.75) is 6.42 Å². The molecule has 0 saturated heterocycles. The minimum absolute atomic E-state index is 0.0701. The first kappa shape index (κ1) is 8.64. The first-order valence-corrected chi connectivity index (χ1v) is 3.61. The molecule has 0 fully saturated rings. The normalized spacial score (nSPS) is 21.2. The summed E-state index contributed by atoms with van der Waals surface area (Å²) in [5.74, 6) is -0.378. The van der Waals surface area contributed by atoms with E-state index in [-0.39, 0.29) is 18.0 Å². The van der Waals surface area contributed by atoms with Gasteiger partial charge in [-0.3, -0.25) is 14.6 Å². The molecular weight excluding hydrogens is 156 g/mol. The molecule has 4 heteroatoms. The van der Waals surface area contributed by atoms with Crippen LogP contribution in [0.2, 0.25) is 0 Å². The van der Waals surface area contributed by atoms with Crippen LogP contribution in [0.3, 0.4) is 0 Å². The van der Waals surface area contributed by atoms with E-state index in [1.165, 1.54) is 13.1 Å². The number of nitrogens with one attached hydrogen (secondary N) is 1. The predicted molar refractivity (Wildman–Crippen MR) is 45.1 cm³/mol. The van der Waals surface area contributed by atoms with Crippen LogP contribution in [0, 0.1) is 0 Å². The quantitative estimate of drug-likeness (QED) is 0.544. The van der Waals surface area contributed by atoms with E-state index in [1.807, 2.05) is 0 Å². The van der Waals surface area contributed by atoms with Gasteiger partial charge in [0.2, 0.25) is 0 Å². The van der Waals surface area contributed by atoms with Crippen LogP contribution in [0.5, 0.6) is 0 Å². The van der Waals surface area contributed by atoms with Crippen molar-refractivity contribution < 1.29 is 9.59 Å². The first-order chi connectivity index (χ1) is 5.69. The lowest BCUT2D eigenvalue weighted by Gasteiger charge is -2.11. The Hall–Kier alpha value is -1.45. The number of carbonyl (C=O) groups is 2. The van der Waals surface area contributed by atoms with Gasteiger partial charge in [0, 0.05) is 14.1 Å². The number of allylic oxidation sites excluding steroid dienone is 2. The van der Waals surface area contributed by atoms with Gasteiger partial charge in [0.1, 0.15) is 5.71 Å². The van der Waals surface area contributed by atoms with E-state index in [9.17, 15) is 9.59 Å². The molecule has 1 aliphatic carbocycles. The number of hydrogen-bond donors (Lipinski definition) is 1. The minimum Gasteiger partial charge on any atom is -0.385 e. The van der Waals surface area contributed by atoms with Gasteiger partial charge in [-0.2, -0.15) is 0 Å². The van der Waals surface area contributed by atoms with Crippen molar-refractivity contribution in [2.75, 3.05) is 14.1 Å². The van der Waals surface area contributed by atoms with Crippen LogP contribution in [-0.2, 0) is 9.59 Å². The lowest BCUT2D eigenvalue weighted by molar-refractivity contribution is -0.122. The highest BCUT2D eigenvalue weighted by atomic mass is 16.1. The topological polar surface area (TPSA) is 58.5 Å². The monoisotopic (exact) mass is 166 g/mol. The third-order valence-electron chi connectivity index (χ3n) is 1.70. The van der Waals surface area contributed by atoms with Gasteiger partial charge in [0.05, 0.1) is 12.1 Å². The maximum absolute atomic E-state index is 11.1. The maximum atomic E-state index is 11.1. The van der Waals surface area contributed by atoms with Gasteiger partial charge in [0.15, 0.2) is 11.6 Å². The van der Waals surface area contributed by atoms with Crippen molar-refractivity contribution in [3.63, 3.8) is 0 Å². The molecule has 64 valence electrons. The molecule has 0 atom stereocenters. The summed E-state index contributed by atoms with van der Waals surface area (Å²) in [6.07, 6.45) is 1.41. The molecule has 0 saturated carbocycles. The summed E-state index contributed by atoms with van der Waals surface area (Å²) < 4.78 is 0. The molecule has 0 aromatic carbocycles. The summed E-state index contributed by atoms with van der Waals surface area (Å²) in [7, 11) is 3.18. The molecule has 0 spiro atoms. The number of hydrogen-bond acceptors (Lipinski definition) is 4. The molecule has 0 aromatic rings. The zero-order valence-electron chi connectivity index (χ0n) is 7.05. The van der Waals surface area contributed by atoms with Crippen molar-refractivity contribution in [3.8, 4) is 0 Å². The number of aliphatic imine (C=N–C) groups is 1. The average molecular weight is 166 g/mol. The molecule has 0 bridgehead atoms. The molecule has 0 unspecified atom stereocenters. The Balaban J connectivity index is 3.03. The third kappa shape index (κ3) is 1.42. The molecule has 1 rings (SSSR count). The van der Waals surface area contributed by atoms with Crippen molar-refractivity contribution in [2.24, 2.45) is 4.99 Å². The van der Waals surface area contributed by atoms with E-state index in [4.69, 9.17) is 0 Å². The van der Waals surface area contributed by atoms with E-state index in [0.717, 1.165) is 0 Å². The lowest BCUT2D eigenvalue weighted by atomic mass is 10.0. The van der Waals surface area contributed by atoms with E-state index in [0.29, 0.717) is 11.4 Å². The van der Waals surface area contributed by atoms with Crippen molar-refractivity contribution in [3.05, 3.63) is 11.8 Å². The summed E-state index contributed by atoms with van der Waals surface area (Å²) in [4.78, 5) is 25.9. The Morgan fingerprint density at radius 1 is 1.42 bits per heavy atom. The Morgan fingerprint density at radius 2 is 2.08 bits per heavy atom. The fraction of sp³-hybridized carbons (Fsp3) is 0.375. The standard InChI is InChI=1S/C8H10N2O2/c1-9-5-3-6(10-2)8(12)4-7(5)11/h3,9H,4H2,1-2H3. The Morgan fingerprint density at radius 3 is 2.58 bits per heavy atom. The summed E-state index contributed by atoms with van der Waals surface area (Å²) >= 11 is 0. The van der Waals surface area contributed by atoms with Gasteiger partial charge in [-0.25, -0.2) is 0 Å². The van der Waals surface area contributed by atoms with Crippen LogP contribution >= 0.6 is 0 Å². The highest BCUT2D eigenvalue weighted by molar-refractivity contribution is 6.50. The molecule has 0 radical (unpaired) electrons. The van der Waals surface area contributed by atoms with Gasteiger partial charge < -0.3 is 5.32 Å². The van der Waals surface area contributed by atoms with Gasteiger partial charge in [-0.15, -0.1) is 0 Å². The lowest BCUT2D eigenvalue weighted by Crippen LogP contribution is -2.29. The van der Waals surface area contributed by atoms with E-state index >= 15 is 0 Å². The smallest absolute Gasteiger partial charge is 0.188 e. The summed E-state index contributed by atoms with van der Waals surface area (Å²) in [5.41, 5.74) is 0.814. The minimum atomic E-state index is -0.207. The van der Waals surface area contributed by atoms with Crippen molar-refractivity contribution in [1.29, 1.82) is 0 Å². The fourth-order valence-electron chi connectivity index (χ4n) is 1.03. The highest BCUT2D eigenvalue weighted by Gasteiger charge is 2.22. The van der Waals surface area contributed by atoms with Gasteiger partial charge >= 0.3 is 0 Å². The van der Waals surface area contributed by atoms with E-state index in [1.54, 1.807) is 7.05 Å². The second kappa shape index (κ2) is 3.30. The third-order valence-corrected chi connectivity index (χ3v) is 1.70. The molecule has 4 nitrogen and oxygen atoms in total. The number of nitrogens with zero attached hydrogens (tertiary/aromatic N) is 1. The van der Waals surface area contributed by atoms with E-state index in [2.05, 4.69) is 10.3 Å². The number of likely N-dealkylation sites (N-methyl/N-ethyl adjacent to an activating group) is 1. The van der Waals surface area contributed by atoms with Crippen molar-refractivity contribution >= 4 is 17.3 Å². The Bertz CT molecular complexity index is 289. The molecule has 0 aromatic heterocycles. The fourth-order valence-corrected chi connectivity index (χ4v) is 1.03. The zero-order chi connectivity index (χ0) is 9.14. The van der Waals surface area contributed by atoms with Gasteiger partial charge in [0.25, 0.3) is 0 Å². The SMILES string of the molecule is CN=C1C=C(NC)C(=O)CC1=O. The average Bonchev–Trinajstić information content (AvgIpc) is 2.05. The molecule has 0 heterocycles. The number of carbonyl (C=O) groups excluding carboxylic acids is 2. The molecule has 1 aliphatic rings. The van der Waals surface area contributed by atoms with Crippen LogP contribution in [0.1, 0.15) is 6.42 Å². The Kier molecular flexibility index (Phi) is 2.38. The van der Waals surface area contributed by atoms with Crippen LogP contribution in [-0.4, -0.2) is 31.4 Å². The zero-order valence-corrected chi connectivity index (χ0v) is 7.05. The predicted octanol–water partition coefficient (Wildman–Crippen LogP) is -0.298. The summed E-state index contributed by atoms with van der Waals surface area (Å²) in [6.45, 7) is 0. The van der Waals surface area contributed by atoms with Gasteiger partial charge in [-0.1, -0.05) is 0 Å². The summed E-state index contributed by atoms with van der Waals surface area (Å²) in [5, 5.41) is 2.72. The second-order valence-electron chi connectivity index (χ2n) is 2.44. The number of ketones is 2. The number of Topliss-reactive ketones (excluding diaryl/α,β-unsaturated/α-hetero) is 2. The molecule has 0 amide bonds. The molecule has 1 N–H and O–H groups in total. The first-order valence-electron chi connectivity index (χ1n) is 3.61. The van der Waals surface area contributed by atoms with Crippen LogP contribution in [0.25, 0.3) is 0 Å². The van der Waals surface area contributed by atoms with Crippen LogP contribution < -0.4 is 5.32 Å². The Labute approximate surface area is 70.4 Å². The maximum Gasteiger partial charge on any atom is 0.188 e. The highest BCUT2D eigenvalue weighted by Crippen LogP contribution is 2.06. The molecule has 0 aliphatic heterocycles. The van der Waals surface area contributed by atoms with Crippen LogP contribution in [0.15, 0.2) is 16.8 Å². The molecule has 12 heavy (non-hydrogen) atoms. The largest absolute Gasteiger partial charge is 0.385 e. The van der Waals surface area contributed by atoms with Gasteiger partial charge in [-0.05, 0) is 6.08 Å². The van der Waals surface area contributed by atoms with Crippen molar-refractivity contribution in [1.82, 2.24) is 5.32 Å². The summed E-state index contributed by atoms with van der Waals surface area (Å²) in [6, 6.07) is 0. The van der Waals surface area contributed by atoms with Crippen LogP contribution in [0.4, 0.5) is 0 Å². The number of rotatable bonds is 1.